The van der Waals surface area contributed by atoms with Crippen LogP contribution in [0.5, 0.6) is 0 Å². The second-order valence-electron chi connectivity index (χ2n) is 14.2. The third kappa shape index (κ3) is 12.0. The van der Waals surface area contributed by atoms with Crippen molar-refractivity contribution >= 4 is 46.2 Å². The average molecular weight is 734 g/mol. The standard InChI is InChI=1S/C40H55N5O6S/c1-5-26(4)21-42-39(49)35(41)37(47)32(18-25(2)3)36(46)33(20-30-23-52-24-43-30)44-38(48)34(45-40(50)51-22-27-12-7-6-8-13-27)19-29-16-11-15-28-14-9-10-17-31(28)29/h6-17,25-26,30,32-35,37,43,47H,5,18-24,41H2,1-4H3,(H,42,49)(H,44,48)(H,45,50)/t26?,30?,32-,33+,34+,35?,37+/m1/s1. The highest BCUT2D eigenvalue weighted by atomic mass is 32.2. The number of carbonyl (C=O) groups is 4. The summed E-state index contributed by atoms with van der Waals surface area (Å²) in [4.78, 5) is 55.0. The first-order valence-corrected chi connectivity index (χ1v) is 19.4. The summed E-state index contributed by atoms with van der Waals surface area (Å²) in [7, 11) is 0. The van der Waals surface area contributed by atoms with Gasteiger partial charge in [0.25, 0.3) is 0 Å². The smallest absolute Gasteiger partial charge is 0.408 e. The van der Waals surface area contributed by atoms with Gasteiger partial charge in [0.2, 0.25) is 11.8 Å². The molecule has 0 radical (unpaired) electrons. The number of Topliss-reactive ketones (excluding diaryl/α,β-unsaturated/α-hetero) is 1. The van der Waals surface area contributed by atoms with Gasteiger partial charge in [0.05, 0.1) is 12.1 Å². The fourth-order valence-electron chi connectivity index (χ4n) is 6.33. The summed E-state index contributed by atoms with van der Waals surface area (Å²) in [6, 6.07) is 19.3. The van der Waals surface area contributed by atoms with E-state index in [2.05, 4.69) is 21.3 Å². The number of aliphatic hydroxyl groups is 1. The van der Waals surface area contributed by atoms with Gasteiger partial charge in [-0.3, -0.25) is 14.4 Å². The molecule has 52 heavy (non-hydrogen) atoms. The topological polar surface area (TPSA) is 172 Å². The largest absolute Gasteiger partial charge is 0.445 e. The molecule has 7 N–H and O–H groups in total. The zero-order valence-corrected chi connectivity index (χ0v) is 31.5. The van der Waals surface area contributed by atoms with Crippen molar-refractivity contribution in [2.45, 2.75) is 90.3 Å². The fourth-order valence-corrected chi connectivity index (χ4v) is 7.34. The molecule has 11 nitrogen and oxygen atoms in total. The van der Waals surface area contributed by atoms with Crippen LogP contribution in [0.25, 0.3) is 10.8 Å². The first-order valence-electron chi connectivity index (χ1n) is 18.3. The first kappa shape index (κ1) is 40.8. The fraction of sp³-hybridized carbons (Fsp3) is 0.500. The Bertz CT molecular complexity index is 1610. The Morgan fingerprint density at radius 1 is 0.942 bits per heavy atom. The second kappa shape index (κ2) is 20.3. The Balaban J connectivity index is 1.60. The average Bonchev–Trinajstić information content (AvgIpc) is 3.67. The van der Waals surface area contributed by atoms with Gasteiger partial charge in [0.15, 0.2) is 5.78 Å². The molecule has 4 rings (SSSR count). The Morgan fingerprint density at radius 3 is 2.35 bits per heavy atom. The number of hydrogen-bond donors (Lipinski definition) is 6. The lowest BCUT2D eigenvalue weighted by Gasteiger charge is -2.32. The third-order valence-corrected chi connectivity index (χ3v) is 10.6. The van der Waals surface area contributed by atoms with Crippen LogP contribution in [-0.2, 0) is 32.1 Å². The summed E-state index contributed by atoms with van der Waals surface area (Å²) in [5.74, 6) is -0.883. The van der Waals surface area contributed by atoms with Gasteiger partial charge >= 0.3 is 6.09 Å². The summed E-state index contributed by atoms with van der Waals surface area (Å²) in [6.07, 6.45) is -0.741. The van der Waals surface area contributed by atoms with Crippen LogP contribution in [0.15, 0.2) is 72.8 Å². The van der Waals surface area contributed by atoms with Crippen molar-refractivity contribution in [2.24, 2.45) is 23.5 Å². The second-order valence-corrected chi connectivity index (χ2v) is 15.3. The molecule has 0 spiro atoms. The molecule has 1 aliphatic heterocycles. The highest BCUT2D eigenvalue weighted by molar-refractivity contribution is 7.99. The van der Waals surface area contributed by atoms with E-state index in [0.717, 1.165) is 34.1 Å². The van der Waals surface area contributed by atoms with Crippen molar-refractivity contribution in [3.05, 3.63) is 83.9 Å². The van der Waals surface area contributed by atoms with E-state index in [1.807, 2.05) is 100 Å². The summed E-state index contributed by atoms with van der Waals surface area (Å²) >= 11 is 1.69. The minimum atomic E-state index is -1.48. The van der Waals surface area contributed by atoms with Gasteiger partial charge in [0.1, 0.15) is 18.7 Å². The Morgan fingerprint density at radius 2 is 1.65 bits per heavy atom. The molecule has 0 aromatic heterocycles. The minimum Gasteiger partial charge on any atom is -0.445 e. The van der Waals surface area contributed by atoms with Gasteiger partial charge in [0, 0.05) is 36.6 Å². The molecule has 7 atom stereocenters. The number of rotatable bonds is 19. The lowest BCUT2D eigenvalue weighted by molar-refractivity contribution is -0.136. The number of nitrogens with one attached hydrogen (secondary N) is 4. The van der Waals surface area contributed by atoms with Crippen molar-refractivity contribution in [1.29, 1.82) is 0 Å². The minimum absolute atomic E-state index is 0.0152. The molecule has 3 aromatic rings. The number of amides is 3. The van der Waals surface area contributed by atoms with E-state index < -0.39 is 53.8 Å². The summed E-state index contributed by atoms with van der Waals surface area (Å²) < 4.78 is 5.50. The zero-order chi connectivity index (χ0) is 37.6. The van der Waals surface area contributed by atoms with Crippen LogP contribution >= 0.6 is 11.8 Å². The molecule has 3 unspecified atom stereocenters. The van der Waals surface area contributed by atoms with Crippen LogP contribution in [0.2, 0.25) is 0 Å². The van der Waals surface area contributed by atoms with Gasteiger partial charge in [-0.25, -0.2) is 4.79 Å². The van der Waals surface area contributed by atoms with Gasteiger partial charge in [-0.15, -0.1) is 11.8 Å². The highest BCUT2D eigenvalue weighted by Crippen LogP contribution is 2.25. The monoisotopic (exact) mass is 733 g/mol. The molecular formula is C40H55N5O6S. The molecule has 0 bridgehead atoms. The lowest BCUT2D eigenvalue weighted by Crippen LogP contribution is -2.58. The van der Waals surface area contributed by atoms with Crippen molar-refractivity contribution in [2.75, 3.05) is 18.2 Å². The number of carbonyl (C=O) groups excluding carboxylic acids is 4. The normalized spacial score (nSPS) is 17.8. The number of ether oxygens (including phenoxy) is 1. The van der Waals surface area contributed by atoms with Crippen molar-refractivity contribution in [3.8, 4) is 0 Å². The molecular weight excluding hydrogens is 679 g/mol. The predicted molar refractivity (Wildman–Crippen MR) is 206 cm³/mol. The van der Waals surface area contributed by atoms with Crippen LogP contribution in [0, 0.1) is 17.8 Å². The first-order chi connectivity index (χ1) is 25.0. The molecule has 1 heterocycles. The molecule has 0 saturated carbocycles. The molecule has 3 amide bonds. The predicted octanol–water partition coefficient (Wildman–Crippen LogP) is 4.30. The Hall–Kier alpha value is -3.97. The summed E-state index contributed by atoms with van der Waals surface area (Å²) in [5.41, 5.74) is 7.92. The maximum absolute atomic E-state index is 14.5. The SMILES string of the molecule is CCC(C)CNC(=O)C(N)[C@@H](O)[C@H](CC(C)C)C(=O)[C@H](CC1CSCN1)NC(=O)[C@H](Cc1cccc2ccccc12)NC(=O)OCc1ccccc1. The van der Waals surface area contributed by atoms with Gasteiger partial charge in [-0.05, 0) is 46.6 Å². The number of thioether (sulfide) groups is 1. The number of aliphatic hydroxyl groups excluding tert-OH is 1. The summed E-state index contributed by atoms with van der Waals surface area (Å²) in [6.45, 7) is 8.29. The number of alkyl carbamates (subject to hydrolysis) is 1. The molecule has 282 valence electrons. The van der Waals surface area contributed by atoms with E-state index in [0.29, 0.717) is 12.4 Å². The van der Waals surface area contributed by atoms with Crippen molar-refractivity contribution < 1.29 is 29.0 Å². The molecule has 1 fully saturated rings. The van der Waals surface area contributed by atoms with Crippen molar-refractivity contribution in [3.63, 3.8) is 0 Å². The number of benzene rings is 3. The van der Waals surface area contributed by atoms with E-state index in [1.54, 1.807) is 11.8 Å². The summed E-state index contributed by atoms with van der Waals surface area (Å²) in [5, 5.41) is 25.3. The van der Waals surface area contributed by atoms with Gasteiger partial charge < -0.3 is 36.8 Å². The van der Waals surface area contributed by atoms with Crippen LogP contribution in [0.3, 0.4) is 0 Å². The highest BCUT2D eigenvalue weighted by Gasteiger charge is 2.40. The lowest BCUT2D eigenvalue weighted by atomic mass is 9.81. The number of hydrogen-bond acceptors (Lipinski definition) is 9. The molecule has 0 aliphatic carbocycles. The van der Waals surface area contributed by atoms with Crippen LogP contribution in [0.4, 0.5) is 4.79 Å². The van der Waals surface area contributed by atoms with Crippen molar-refractivity contribution in [1.82, 2.24) is 21.3 Å². The number of ketones is 1. The Kier molecular flexibility index (Phi) is 15.9. The maximum atomic E-state index is 14.5. The maximum Gasteiger partial charge on any atom is 0.408 e. The molecule has 1 aliphatic rings. The molecule has 1 saturated heterocycles. The van der Waals surface area contributed by atoms with E-state index in [9.17, 15) is 24.3 Å². The van der Waals surface area contributed by atoms with E-state index in [1.165, 1.54) is 0 Å². The molecule has 12 heteroatoms. The Labute approximate surface area is 311 Å². The van der Waals surface area contributed by atoms with Gasteiger partial charge in [-0.1, -0.05) is 107 Å². The van der Waals surface area contributed by atoms with E-state index in [-0.39, 0.29) is 43.7 Å². The number of nitrogens with two attached hydrogens (primary N) is 1. The van der Waals surface area contributed by atoms with Crippen LogP contribution < -0.4 is 27.0 Å². The van der Waals surface area contributed by atoms with Crippen LogP contribution in [0.1, 0.15) is 58.1 Å². The van der Waals surface area contributed by atoms with E-state index in [4.69, 9.17) is 10.5 Å². The quantitative estimate of drug-likeness (QED) is 0.105. The van der Waals surface area contributed by atoms with Crippen LogP contribution in [-0.4, -0.2) is 77.2 Å². The third-order valence-electron chi connectivity index (χ3n) is 9.59. The van der Waals surface area contributed by atoms with E-state index >= 15 is 0 Å². The zero-order valence-electron chi connectivity index (χ0n) is 30.7. The number of fused-ring (bicyclic) bond motifs is 1. The van der Waals surface area contributed by atoms with Gasteiger partial charge in [-0.2, -0.15) is 0 Å². The molecule has 3 aromatic carbocycles.